The topological polar surface area (TPSA) is 98.8 Å². The Morgan fingerprint density at radius 2 is 1.73 bits per heavy atom. The molecule has 22 heavy (non-hydrogen) atoms. The Morgan fingerprint density at radius 1 is 0.909 bits per heavy atom. The van der Waals surface area contributed by atoms with Crippen LogP contribution >= 0.6 is 11.3 Å². The van der Waals surface area contributed by atoms with Crippen LogP contribution in [0.3, 0.4) is 0 Å². The minimum atomic E-state index is -0.216. The second-order valence-electron chi connectivity index (χ2n) is 4.41. The summed E-state index contributed by atoms with van der Waals surface area (Å²) in [6, 6.07) is 11.3. The fraction of sp³-hybridized carbons (Fsp3) is 0. The van der Waals surface area contributed by atoms with Crippen LogP contribution in [0, 0.1) is 0 Å². The fourth-order valence-corrected chi connectivity index (χ4v) is 2.45. The summed E-state index contributed by atoms with van der Waals surface area (Å²) in [7, 11) is 0. The Hall–Kier alpha value is -2.93. The van der Waals surface area contributed by atoms with E-state index in [1.54, 1.807) is 30.3 Å². The van der Waals surface area contributed by atoms with Crippen molar-refractivity contribution in [1.29, 1.82) is 0 Å². The van der Waals surface area contributed by atoms with Gasteiger partial charge in [-0.25, -0.2) is 4.99 Å². The van der Waals surface area contributed by atoms with E-state index in [1.807, 2.05) is 0 Å². The number of nitrogens with zero attached hydrogens (tertiary/aromatic N) is 3. The maximum absolute atomic E-state index is 9.65. The number of aliphatic imine (C=N–C) groups is 1. The number of hydrogen-bond donors (Lipinski definition) is 3. The molecule has 110 valence electrons. The number of benzene rings is 2. The minimum Gasteiger partial charge on any atom is -0.507 e. The summed E-state index contributed by atoms with van der Waals surface area (Å²) in [4.78, 5) is 4.17. The van der Waals surface area contributed by atoms with E-state index in [9.17, 15) is 15.3 Å². The highest BCUT2D eigenvalue weighted by molar-refractivity contribution is 7.18. The summed E-state index contributed by atoms with van der Waals surface area (Å²) >= 11 is 1.23. The average Bonchev–Trinajstić information content (AvgIpc) is 2.98. The highest BCUT2D eigenvalue weighted by Crippen LogP contribution is 2.33. The van der Waals surface area contributed by atoms with Gasteiger partial charge in [-0.15, -0.1) is 10.2 Å². The molecule has 3 aromatic rings. The van der Waals surface area contributed by atoms with E-state index in [0.717, 1.165) is 0 Å². The van der Waals surface area contributed by atoms with Gasteiger partial charge >= 0.3 is 0 Å². The first-order chi connectivity index (χ1) is 10.6. The van der Waals surface area contributed by atoms with Gasteiger partial charge in [0.25, 0.3) is 0 Å². The lowest BCUT2D eigenvalue weighted by Crippen LogP contribution is -1.80. The van der Waals surface area contributed by atoms with Gasteiger partial charge in [0.2, 0.25) is 5.13 Å². The van der Waals surface area contributed by atoms with E-state index in [-0.39, 0.29) is 17.2 Å². The standard InChI is InChI=1S/C15H11N3O3S/c19-11-4-2-1-3-10(11)8-16-15-18-17-14(22-15)9-5-6-12(20)13(21)7-9/h1-8,19-21H. The molecule has 0 amide bonds. The lowest BCUT2D eigenvalue weighted by Gasteiger charge is -1.98. The van der Waals surface area contributed by atoms with Crippen molar-refractivity contribution >= 4 is 22.7 Å². The second-order valence-corrected chi connectivity index (χ2v) is 5.37. The molecule has 0 aliphatic carbocycles. The second kappa shape index (κ2) is 5.82. The number of para-hydroxylation sites is 1. The Kier molecular flexibility index (Phi) is 3.71. The first-order valence-corrected chi connectivity index (χ1v) is 7.13. The molecule has 7 heteroatoms. The summed E-state index contributed by atoms with van der Waals surface area (Å²) in [6.45, 7) is 0. The Balaban J connectivity index is 1.85. The van der Waals surface area contributed by atoms with Crippen LogP contribution in [0.15, 0.2) is 47.5 Å². The van der Waals surface area contributed by atoms with E-state index in [4.69, 9.17) is 0 Å². The van der Waals surface area contributed by atoms with Gasteiger partial charge in [-0.2, -0.15) is 0 Å². The monoisotopic (exact) mass is 313 g/mol. The number of phenols is 3. The third-order valence-electron chi connectivity index (χ3n) is 2.89. The first kappa shape index (κ1) is 14.0. The van der Waals surface area contributed by atoms with Crippen LogP contribution in [0.25, 0.3) is 10.6 Å². The molecule has 6 nitrogen and oxygen atoms in total. The van der Waals surface area contributed by atoms with Gasteiger partial charge in [-0.1, -0.05) is 23.5 Å². The zero-order chi connectivity index (χ0) is 15.5. The summed E-state index contributed by atoms with van der Waals surface area (Å²) in [5, 5.41) is 37.4. The highest BCUT2D eigenvalue weighted by Gasteiger charge is 2.08. The Labute approximate surface area is 129 Å². The van der Waals surface area contributed by atoms with Crippen molar-refractivity contribution in [3.05, 3.63) is 48.0 Å². The molecule has 0 spiro atoms. The molecule has 1 aromatic heterocycles. The maximum Gasteiger partial charge on any atom is 0.231 e. The van der Waals surface area contributed by atoms with Gasteiger partial charge in [-0.3, -0.25) is 0 Å². The van der Waals surface area contributed by atoms with Crippen molar-refractivity contribution in [2.24, 2.45) is 4.99 Å². The van der Waals surface area contributed by atoms with Crippen LogP contribution in [-0.4, -0.2) is 31.7 Å². The third kappa shape index (κ3) is 2.89. The molecule has 1 heterocycles. The number of aromatic hydroxyl groups is 3. The van der Waals surface area contributed by atoms with Crippen molar-refractivity contribution < 1.29 is 15.3 Å². The largest absolute Gasteiger partial charge is 0.507 e. The smallest absolute Gasteiger partial charge is 0.231 e. The average molecular weight is 313 g/mol. The number of aromatic nitrogens is 2. The van der Waals surface area contributed by atoms with E-state index >= 15 is 0 Å². The lowest BCUT2D eigenvalue weighted by atomic mass is 10.2. The summed E-state index contributed by atoms with van der Waals surface area (Å²) in [6.07, 6.45) is 1.51. The van der Waals surface area contributed by atoms with E-state index in [2.05, 4.69) is 15.2 Å². The third-order valence-corrected chi connectivity index (χ3v) is 3.77. The molecule has 3 N–H and O–H groups in total. The van der Waals surface area contributed by atoms with Crippen LogP contribution in [0.2, 0.25) is 0 Å². The quantitative estimate of drug-likeness (QED) is 0.510. The molecule has 0 unspecified atom stereocenters. The molecule has 0 bridgehead atoms. The normalized spacial score (nSPS) is 11.1. The van der Waals surface area contributed by atoms with Gasteiger partial charge in [0.1, 0.15) is 10.8 Å². The summed E-state index contributed by atoms with van der Waals surface area (Å²) in [5.41, 5.74) is 1.22. The molecule has 0 saturated heterocycles. The predicted octanol–water partition coefficient (Wildman–Crippen LogP) is 3.07. The van der Waals surface area contributed by atoms with Crippen molar-refractivity contribution in [3.8, 4) is 27.8 Å². The SMILES string of the molecule is Oc1ccc(-c2nnc(N=Cc3ccccc3O)s2)cc1O. The highest BCUT2D eigenvalue weighted by atomic mass is 32.1. The molecular weight excluding hydrogens is 302 g/mol. The van der Waals surface area contributed by atoms with Crippen molar-refractivity contribution in [1.82, 2.24) is 10.2 Å². The maximum atomic E-state index is 9.65. The summed E-state index contributed by atoms with van der Waals surface area (Å²) < 4.78 is 0. The van der Waals surface area contributed by atoms with Gasteiger partial charge in [0, 0.05) is 17.3 Å². The molecule has 0 aliphatic rings. The van der Waals surface area contributed by atoms with Crippen LogP contribution in [0.4, 0.5) is 5.13 Å². The van der Waals surface area contributed by atoms with Crippen molar-refractivity contribution in [2.45, 2.75) is 0 Å². The molecule has 0 saturated carbocycles. The van der Waals surface area contributed by atoms with Gasteiger partial charge < -0.3 is 15.3 Å². The number of phenolic OH excluding ortho intramolecular Hbond substituents is 3. The number of hydrogen-bond acceptors (Lipinski definition) is 7. The Morgan fingerprint density at radius 3 is 2.50 bits per heavy atom. The molecule has 0 fully saturated rings. The van der Waals surface area contributed by atoms with Crippen molar-refractivity contribution in [2.75, 3.05) is 0 Å². The van der Waals surface area contributed by atoms with Gasteiger partial charge in [0.15, 0.2) is 11.5 Å². The van der Waals surface area contributed by atoms with E-state index in [1.165, 1.54) is 29.7 Å². The molecule has 0 radical (unpaired) electrons. The zero-order valence-corrected chi connectivity index (χ0v) is 12.0. The first-order valence-electron chi connectivity index (χ1n) is 6.31. The Bertz CT molecular complexity index is 846. The molecule has 3 rings (SSSR count). The van der Waals surface area contributed by atoms with Gasteiger partial charge in [0.05, 0.1) is 0 Å². The van der Waals surface area contributed by atoms with Crippen LogP contribution in [0.1, 0.15) is 5.56 Å². The van der Waals surface area contributed by atoms with Crippen LogP contribution in [-0.2, 0) is 0 Å². The van der Waals surface area contributed by atoms with E-state index < -0.39 is 0 Å². The van der Waals surface area contributed by atoms with E-state index in [0.29, 0.717) is 21.3 Å². The lowest BCUT2D eigenvalue weighted by molar-refractivity contribution is 0.404. The molecule has 0 aliphatic heterocycles. The predicted molar refractivity (Wildman–Crippen MR) is 84.0 cm³/mol. The van der Waals surface area contributed by atoms with Gasteiger partial charge in [-0.05, 0) is 30.3 Å². The molecule has 0 atom stereocenters. The van der Waals surface area contributed by atoms with Crippen LogP contribution < -0.4 is 0 Å². The fourth-order valence-electron chi connectivity index (χ4n) is 1.76. The number of rotatable bonds is 3. The molecular formula is C15H11N3O3S. The summed E-state index contributed by atoms with van der Waals surface area (Å²) in [5.74, 6) is -0.266. The zero-order valence-electron chi connectivity index (χ0n) is 11.2. The van der Waals surface area contributed by atoms with Crippen LogP contribution in [0.5, 0.6) is 17.2 Å². The molecule has 2 aromatic carbocycles. The van der Waals surface area contributed by atoms with Crippen molar-refractivity contribution in [3.63, 3.8) is 0 Å². The minimum absolute atomic E-state index is 0.138.